The molecule has 0 spiro atoms. The number of carbonyl (C=O) groups is 1. The third-order valence-electron chi connectivity index (χ3n) is 3.71. The zero-order valence-corrected chi connectivity index (χ0v) is 12.5. The molecule has 1 N–H and O–H groups in total. The maximum absolute atomic E-state index is 11.8. The van der Waals surface area contributed by atoms with E-state index in [0.717, 1.165) is 36.6 Å². The summed E-state index contributed by atoms with van der Waals surface area (Å²) in [6.45, 7) is 2.16. The molecule has 19 heavy (non-hydrogen) atoms. The van der Waals surface area contributed by atoms with Crippen molar-refractivity contribution in [2.24, 2.45) is 5.92 Å². The molecule has 1 aromatic rings. The number of aromatic nitrogens is 2. The van der Waals surface area contributed by atoms with Crippen molar-refractivity contribution in [3.05, 3.63) is 5.01 Å². The zero-order chi connectivity index (χ0) is 13.5. The molecule has 1 heterocycles. The highest BCUT2D eigenvalue weighted by Crippen LogP contribution is 2.28. The van der Waals surface area contributed by atoms with E-state index in [4.69, 9.17) is 0 Å². The van der Waals surface area contributed by atoms with E-state index in [0.29, 0.717) is 11.6 Å². The number of nitrogens with one attached hydrogen (secondary N) is 1. The van der Waals surface area contributed by atoms with Gasteiger partial charge in [0.05, 0.1) is 0 Å². The first-order valence-corrected chi connectivity index (χ1v) is 8.22. The van der Waals surface area contributed by atoms with E-state index in [1.807, 2.05) is 0 Å². The number of hydrogen-bond acceptors (Lipinski definition) is 4. The fourth-order valence-electron chi connectivity index (χ4n) is 2.55. The van der Waals surface area contributed by atoms with Crippen molar-refractivity contribution >= 4 is 22.4 Å². The maximum Gasteiger partial charge on any atom is 0.226 e. The third kappa shape index (κ3) is 4.90. The zero-order valence-electron chi connectivity index (χ0n) is 11.7. The second-order valence-electron chi connectivity index (χ2n) is 5.34. The van der Waals surface area contributed by atoms with Crippen molar-refractivity contribution in [1.29, 1.82) is 0 Å². The fraction of sp³-hybridized carbons (Fsp3) is 0.786. The highest BCUT2D eigenvalue weighted by molar-refractivity contribution is 7.15. The quantitative estimate of drug-likeness (QED) is 0.827. The Morgan fingerprint density at radius 3 is 2.89 bits per heavy atom. The first-order chi connectivity index (χ1) is 9.28. The molecule has 1 saturated carbocycles. The van der Waals surface area contributed by atoms with Crippen molar-refractivity contribution in [3.63, 3.8) is 0 Å². The van der Waals surface area contributed by atoms with Gasteiger partial charge in [0.1, 0.15) is 5.01 Å². The van der Waals surface area contributed by atoms with E-state index < -0.39 is 0 Å². The Bertz CT molecular complexity index is 399. The predicted molar refractivity (Wildman–Crippen MR) is 78.3 cm³/mol. The smallest absolute Gasteiger partial charge is 0.226 e. The SMILES string of the molecule is CCCCc1nnc(NC(=O)CCC2CCCC2)s1. The molecule has 0 aromatic carbocycles. The summed E-state index contributed by atoms with van der Waals surface area (Å²) in [5, 5.41) is 12.7. The molecule has 1 aliphatic rings. The van der Waals surface area contributed by atoms with Gasteiger partial charge in [0.25, 0.3) is 0 Å². The van der Waals surface area contributed by atoms with Crippen LogP contribution in [0.1, 0.15) is 63.3 Å². The summed E-state index contributed by atoms with van der Waals surface area (Å²) in [4.78, 5) is 11.8. The van der Waals surface area contributed by atoms with E-state index in [1.165, 1.54) is 37.0 Å². The minimum Gasteiger partial charge on any atom is -0.301 e. The van der Waals surface area contributed by atoms with Crippen LogP contribution >= 0.6 is 11.3 Å². The number of nitrogens with zero attached hydrogens (tertiary/aromatic N) is 2. The van der Waals surface area contributed by atoms with Crippen LogP contribution in [0.4, 0.5) is 5.13 Å². The van der Waals surface area contributed by atoms with Crippen LogP contribution in [0.3, 0.4) is 0 Å². The van der Waals surface area contributed by atoms with Crippen molar-refractivity contribution in [2.75, 3.05) is 5.32 Å². The van der Waals surface area contributed by atoms with Crippen molar-refractivity contribution < 1.29 is 4.79 Å². The number of amides is 1. The van der Waals surface area contributed by atoms with Crippen LogP contribution in [-0.4, -0.2) is 16.1 Å². The number of rotatable bonds is 7. The van der Waals surface area contributed by atoms with Crippen molar-refractivity contribution in [3.8, 4) is 0 Å². The number of carbonyl (C=O) groups excluding carboxylic acids is 1. The number of anilines is 1. The molecule has 0 bridgehead atoms. The summed E-state index contributed by atoms with van der Waals surface area (Å²) in [5.74, 6) is 0.852. The van der Waals surface area contributed by atoms with E-state index in [-0.39, 0.29) is 5.91 Å². The standard InChI is InChI=1S/C14H23N3OS/c1-2-3-8-13-16-17-14(19-13)15-12(18)10-9-11-6-4-5-7-11/h11H,2-10H2,1H3,(H,15,17,18). The molecule has 1 aliphatic carbocycles. The van der Waals surface area contributed by atoms with E-state index in [2.05, 4.69) is 22.4 Å². The van der Waals surface area contributed by atoms with E-state index in [1.54, 1.807) is 0 Å². The largest absolute Gasteiger partial charge is 0.301 e. The first kappa shape index (κ1) is 14.4. The molecule has 2 rings (SSSR count). The Labute approximate surface area is 119 Å². The maximum atomic E-state index is 11.8. The molecule has 0 aliphatic heterocycles. The Morgan fingerprint density at radius 1 is 1.37 bits per heavy atom. The van der Waals surface area contributed by atoms with Gasteiger partial charge >= 0.3 is 0 Å². The van der Waals surface area contributed by atoms with Crippen LogP contribution in [0.25, 0.3) is 0 Å². The van der Waals surface area contributed by atoms with E-state index in [9.17, 15) is 4.79 Å². The minimum atomic E-state index is 0.0880. The molecule has 0 radical (unpaired) electrons. The fourth-order valence-corrected chi connectivity index (χ4v) is 3.35. The number of aryl methyl sites for hydroxylation is 1. The lowest BCUT2D eigenvalue weighted by atomic mass is 10.0. The normalized spacial score (nSPS) is 15.8. The third-order valence-corrected chi connectivity index (χ3v) is 4.61. The van der Waals surface area contributed by atoms with Gasteiger partial charge in [0.2, 0.25) is 11.0 Å². The molecule has 0 saturated heterocycles. The van der Waals surface area contributed by atoms with Gasteiger partial charge in [0, 0.05) is 12.8 Å². The predicted octanol–water partition coefficient (Wildman–Crippen LogP) is 3.79. The van der Waals surface area contributed by atoms with Crippen LogP contribution in [0.5, 0.6) is 0 Å². The van der Waals surface area contributed by atoms with Gasteiger partial charge in [-0.15, -0.1) is 10.2 Å². The Kier molecular flexibility index (Phi) is 5.76. The van der Waals surface area contributed by atoms with Crippen molar-refractivity contribution in [1.82, 2.24) is 10.2 Å². The molecule has 0 unspecified atom stereocenters. The summed E-state index contributed by atoms with van der Waals surface area (Å²) in [6, 6.07) is 0. The highest BCUT2D eigenvalue weighted by Gasteiger charge is 2.16. The molecule has 106 valence electrons. The van der Waals surface area contributed by atoms with Crippen LogP contribution in [0, 0.1) is 5.92 Å². The van der Waals surface area contributed by atoms with Crippen molar-refractivity contribution in [2.45, 2.75) is 64.7 Å². The second-order valence-corrected chi connectivity index (χ2v) is 6.40. The van der Waals surface area contributed by atoms with Gasteiger partial charge in [-0.2, -0.15) is 0 Å². The molecule has 5 heteroatoms. The minimum absolute atomic E-state index is 0.0880. The topological polar surface area (TPSA) is 54.9 Å². The summed E-state index contributed by atoms with van der Waals surface area (Å²) >= 11 is 1.51. The lowest BCUT2D eigenvalue weighted by Gasteiger charge is -2.07. The monoisotopic (exact) mass is 281 g/mol. The van der Waals surface area contributed by atoms with Gasteiger partial charge in [-0.1, -0.05) is 50.4 Å². The van der Waals surface area contributed by atoms with Crippen LogP contribution < -0.4 is 5.32 Å². The Hall–Kier alpha value is -0.970. The Morgan fingerprint density at radius 2 is 2.16 bits per heavy atom. The number of hydrogen-bond donors (Lipinski definition) is 1. The number of unbranched alkanes of at least 4 members (excludes halogenated alkanes) is 1. The van der Waals surface area contributed by atoms with Gasteiger partial charge in [-0.25, -0.2) is 0 Å². The van der Waals surface area contributed by atoms with Gasteiger partial charge in [-0.05, 0) is 18.8 Å². The molecular formula is C14H23N3OS. The Balaban J connectivity index is 1.70. The van der Waals surface area contributed by atoms with Crippen LogP contribution in [0.2, 0.25) is 0 Å². The summed E-state index contributed by atoms with van der Waals surface area (Å²) in [7, 11) is 0. The first-order valence-electron chi connectivity index (χ1n) is 7.40. The lowest BCUT2D eigenvalue weighted by molar-refractivity contribution is -0.116. The average molecular weight is 281 g/mol. The summed E-state index contributed by atoms with van der Waals surface area (Å²) < 4.78 is 0. The molecule has 0 atom stereocenters. The highest BCUT2D eigenvalue weighted by atomic mass is 32.1. The average Bonchev–Trinajstić information content (AvgIpc) is 3.05. The molecule has 1 fully saturated rings. The van der Waals surface area contributed by atoms with E-state index >= 15 is 0 Å². The van der Waals surface area contributed by atoms with Gasteiger partial charge in [0.15, 0.2) is 0 Å². The molecular weight excluding hydrogens is 258 g/mol. The molecule has 4 nitrogen and oxygen atoms in total. The lowest BCUT2D eigenvalue weighted by Crippen LogP contribution is -2.12. The van der Waals surface area contributed by atoms with Crippen LogP contribution in [-0.2, 0) is 11.2 Å². The second kappa shape index (κ2) is 7.58. The van der Waals surface area contributed by atoms with Gasteiger partial charge < -0.3 is 5.32 Å². The summed E-state index contributed by atoms with van der Waals surface area (Å²) in [5.41, 5.74) is 0. The molecule has 1 aromatic heterocycles. The summed E-state index contributed by atoms with van der Waals surface area (Å²) in [6.07, 6.45) is 10.2. The van der Waals surface area contributed by atoms with Gasteiger partial charge in [-0.3, -0.25) is 4.79 Å². The molecule has 1 amide bonds. The van der Waals surface area contributed by atoms with Crippen LogP contribution in [0.15, 0.2) is 0 Å².